The van der Waals surface area contributed by atoms with E-state index in [9.17, 15) is 0 Å². The molecule has 0 aliphatic carbocycles. The second kappa shape index (κ2) is 5.66. The van der Waals surface area contributed by atoms with Crippen LogP contribution in [0, 0.1) is 0 Å². The minimum atomic E-state index is 0.390. The van der Waals surface area contributed by atoms with Gasteiger partial charge in [-0.3, -0.25) is 0 Å². The third-order valence-electron chi connectivity index (χ3n) is 2.48. The van der Waals surface area contributed by atoms with Crippen LogP contribution in [0.25, 0.3) is 0 Å². The highest BCUT2D eigenvalue weighted by Gasteiger charge is 2.13. The highest BCUT2D eigenvalue weighted by Crippen LogP contribution is 2.23. The van der Waals surface area contributed by atoms with Crippen molar-refractivity contribution in [2.75, 3.05) is 7.05 Å². The van der Waals surface area contributed by atoms with Gasteiger partial charge >= 0.3 is 0 Å². The Morgan fingerprint density at radius 1 is 1.64 bits per heavy atom. The van der Waals surface area contributed by atoms with Gasteiger partial charge in [0, 0.05) is 18.0 Å². The molecule has 0 spiro atoms. The maximum absolute atomic E-state index is 5.41. The second-order valence-electron chi connectivity index (χ2n) is 3.36. The van der Waals surface area contributed by atoms with E-state index in [0.29, 0.717) is 6.04 Å². The Hall–Kier alpha value is -1.02. The van der Waals surface area contributed by atoms with E-state index < -0.39 is 0 Å². The summed E-state index contributed by atoms with van der Waals surface area (Å²) in [5, 5.41) is 3.31. The van der Waals surface area contributed by atoms with Crippen LogP contribution in [0.1, 0.15) is 37.1 Å². The molecule has 0 saturated heterocycles. The van der Waals surface area contributed by atoms with E-state index in [0.717, 1.165) is 25.0 Å². The molecule has 1 aromatic heterocycles. The van der Waals surface area contributed by atoms with Gasteiger partial charge in [0.2, 0.25) is 0 Å². The lowest BCUT2D eigenvalue weighted by Gasteiger charge is -2.14. The summed E-state index contributed by atoms with van der Waals surface area (Å²) < 4.78 is 5.41. The molecule has 2 heteroatoms. The van der Waals surface area contributed by atoms with Gasteiger partial charge in [-0.1, -0.05) is 13.0 Å². The van der Waals surface area contributed by atoms with Gasteiger partial charge in [0.15, 0.2) is 0 Å². The van der Waals surface area contributed by atoms with Gasteiger partial charge in [-0.2, -0.15) is 0 Å². The molecule has 2 nitrogen and oxygen atoms in total. The van der Waals surface area contributed by atoms with Gasteiger partial charge < -0.3 is 9.73 Å². The molecule has 0 bridgehead atoms. The molecule has 0 aliphatic heterocycles. The average Bonchev–Trinajstić information content (AvgIpc) is 2.67. The van der Waals surface area contributed by atoms with Crippen molar-refractivity contribution in [3.63, 3.8) is 0 Å². The lowest BCUT2D eigenvalue weighted by atomic mass is 10.0. The van der Waals surface area contributed by atoms with Crippen molar-refractivity contribution in [3.05, 3.63) is 36.3 Å². The summed E-state index contributed by atoms with van der Waals surface area (Å²) in [5.41, 5.74) is 1.29. The smallest absolute Gasteiger partial charge is 0.108 e. The Labute approximate surface area is 86.0 Å². The molecule has 1 unspecified atom stereocenters. The number of nitrogens with one attached hydrogen (secondary N) is 1. The van der Waals surface area contributed by atoms with Crippen molar-refractivity contribution in [2.24, 2.45) is 0 Å². The van der Waals surface area contributed by atoms with Gasteiger partial charge in [-0.25, -0.2) is 0 Å². The standard InChI is InChI=1S/C12H19NO/c1-4-6-7-11(13-3)10-8-9-14-12(10)5-2/h4,8-9,11,13H,1,5-7H2,2-3H3. The summed E-state index contributed by atoms with van der Waals surface area (Å²) >= 11 is 0. The van der Waals surface area contributed by atoms with Crippen LogP contribution in [0.3, 0.4) is 0 Å². The molecule has 1 rings (SSSR count). The van der Waals surface area contributed by atoms with Gasteiger partial charge in [-0.15, -0.1) is 6.58 Å². The first-order valence-electron chi connectivity index (χ1n) is 5.17. The zero-order chi connectivity index (χ0) is 10.4. The van der Waals surface area contributed by atoms with Crippen LogP contribution in [-0.4, -0.2) is 7.05 Å². The van der Waals surface area contributed by atoms with Crippen LogP contribution in [0.15, 0.2) is 29.4 Å². The molecule has 14 heavy (non-hydrogen) atoms. The number of hydrogen-bond acceptors (Lipinski definition) is 2. The van der Waals surface area contributed by atoms with Crippen LogP contribution in [0.2, 0.25) is 0 Å². The number of allylic oxidation sites excluding steroid dienone is 1. The van der Waals surface area contributed by atoms with Crippen molar-refractivity contribution >= 4 is 0 Å². The van der Waals surface area contributed by atoms with E-state index >= 15 is 0 Å². The zero-order valence-electron chi connectivity index (χ0n) is 9.05. The summed E-state index contributed by atoms with van der Waals surface area (Å²) in [4.78, 5) is 0. The molecule has 0 radical (unpaired) electrons. The first kappa shape index (κ1) is 11.1. The van der Waals surface area contributed by atoms with Crippen molar-refractivity contribution < 1.29 is 4.42 Å². The minimum Gasteiger partial charge on any atom is -0.469 e. The van der Waals surface area contributed by atoms with E-state index in [2.05, 4.69) is 24.9 Å². The average molecular weight is 193 g/mol. The van der Waals surface area contributed by atoms with Crippen LogP contribution >= 0.6 is 0 Å². The Kier molecular flexibility index (Phi) is 4.47. The van der Waals surface area contributed by atoms with E-state index in [1.54, 1.807) is 6.26 Å². The summed E-state index contributed by atoms with van der Waals surface area (Å²) in [7, 11) is 1.99. The number of rotatable bonds is 6. The van der Waals surface area contributed by atoms with E-state index in [1.165, 1.54) is 5.56 Å². The maximum Gasteiger partial charge on any atom is 0.108 e. The zero-order valence-corrected chi connectivity index (χ0v) is 9.05. The molecule has 1 heterocycles. The van der Waals surface area contributed by atoms with Gasteiger partial charge in [-0.05, 0) is 26.0 Å². The highest BCUT2D eigenvalue weighted by molar-refractivity contribution is 5.21. The first-order chi connectivity index (χ1) is 6.83. The topological polar surface area (TPSA) is 25.2 Å². The Bertz CT molecular complexity index is 278. The highest BCUT2D eigenvalue weighted by atomic mass is 16.3. The lowest BCUT2D eigenvalue weighted by Crippen LogP contribution is -2.16. The SMILES string of the molecule is C=CCCC(NC)c1ccoc1CC. The molecular weight excluding hydrogens is 174 g/mol. The molecule has 0 fully saturated rings. The minimum absolute atomic E-state index is 0.390. The van der Waals surface area contributed by atoms with Crippen LogP contribution < -0.4 is 5.32 Å². The molecule has 0 saturated carbocycles. The Morgan fingerprint density at radius 2 is 2.43 bits per heavy atom. The van der Waals surface area contributed by atoms with Crippen LogP contribution in [0.4, 0.5) is 0 Å². The number of hydrogen-bond donors (Lipinski definition) is 1. The molecule has 0 amide bonds. The number of aryl methyl sites for hydroxylation is 1. The molecule has 1 N–H and O–H groups in total. The summed E-state index contributed by atoms with van der Waals surface area (Å²) in [6.45, 7) is 5.85. The third-order valence-corrected chi connectivity index (χ3v) is 2.48. The van der Waals surface area contributed by atoms with Crippen molar-refractivity contribution in [2.45, 2.75) is 32.2 Å². The van der Waals surface area contributed by atoms with E-state index in [4.69, 9.17) is 4.42 Å². The molecule has 0 aromatic carbocycles. The third kappa shape index (κ3) is 2.48. The van der Waals surface area contributed by atoms with Crippen molar-refractivity contribution in [1.29, 1.82) is 0 Å². The summed E-state index contributed by atoms with van der Waals surface area (Å²) in [6.07, 6.45) is 6.78. The first-order valence-corrected chi connectivity index (χ1v) is 5.17. The molecule has 0 aliphatic rings. The normalized spacial score (nSPS) is 12.7. The van der Waals surface area contributed by atoms with Gasteiger partial charge in [0.25, 0.3) is 0 Å². The largest absolute Gasteiger partial charge is 0.469 e. The maximum atomic E-state index is 5.41. The monoisotopic (exact) mass is 193 g/mol. The predicted octanol–water partition coefficient (Wildman–Crippen LogP) is 3.07. The lowest BCUT2D eigenvalue weighted by molar-refractivity contribution is 0.488. The van der Waals surface area contributed by atoms with E-state index in [1.807, 2.05) is 13.1 Å². The Balaban J connectivity index is 2.72. The molecule has 78 valence electrons. The van der Waals surface area contributed by atoms with Gasteiger partial charge in [0.1, 0.15) is 5.76 Å². The fraction of sp³-hybridized carbons (Fsp3) is 0.500. The quantitative estimate of drug-likeness (QED) is 0.702. The van der Waals surface area contributed by atoms with Crippen LogP contribution in [0.5, 0.6) is 0 Å². The molecule has 1 atom stereocenters. The van der Waals surface area contributed by atoms with Gasteiger partial charge in [0.05, 0.1) is 6.26 Å². The summed E-state index contributed by atoms with van der Waals surface area (Å²) in [6, 6.07) is 2.45. The predicted molar refractivity (Wildman–Crippen MR) is 59.3 cm³/mol. The Morgan fingerprint density at radius 3 is 3.00 bits per heavy atom. The fourth-order valence-electron chi connectivity index (χ4n) is 1.69. The molecule has 1 aromatic rings. The number of furan rings is 1. The van der Waals surface area contributed by atoms with E-state index in [-0.39, 0.29) is 0 Å². The molecular formula is C12H19NO. The second-order valence-corrected chi connectivity index (χ2v) is 3.36. The fourth-order valence-corrected chi connectivity index (χ4v) is 1.69. The van der Waals surface area contributed by atoms with Crippen molar-refractivity contribution in [1.82, 2.24) is 5.32 Å². The summed E-state index contributed by atoms with van der Waals surface area (Å²) in [5.74, 6) is 1.09. The van der Waals surface area contributed by atoms with Crippen LogP contribution in [-0.2, 0) is 6.42 Å². The van der Waals surface area contributed by atoms with Crippen molar-refractivity contribution in [3.8, 4) is 0 Å².